The van der Waals surface area contributed by atoms with Gasteiger partial charge in [0.25, 0.3) is 0 Å². The number of hydrogen-bond donors (Lipinski definition) is 1. The summed E-state index contributed by atoms with van der Waals surface area (Å²) in [5.74, 6) is 0.320. The summed E-state index contributed by atoms with van der Waals surface area (Å²) in [4.78, 5) is 2.26. The topological polar surface area (TPSA) is 38.5 Å². The molecule has 0 heterocycles. The van der Waals surface area contributed by atoms with Gasteiger partial charge in [0.2, 0.25) is 0 Å². The minimum absolute atomic E-state index is 0.0128. The van der Waals surface area contributed by atoms with E-state index >= 15 is 0 Å². The summed E-state index contributed by atoms with van der Waals surface area (Å²) in [6, 6.07) is 4.98. The summed E-state index contributed by atoms with van der Waals surface area (Å²) >= 11 is 0. The van der Waals surface area contributed by atoms with E-state index in [-0.39, 0.29) is 11.9 Å². The van der Waals surface area contributed by atoms with Crippen molar-refractivity contribution >= 4 is 5.69 Å². The highest BCUT2D eigenvalue weighted by Gasteiger charge is 2.14. The van der Waals surface area contributed by atoms with Gasteiger partial charge in [-0.3, -0.25) is 0 Å². The zero-order valence-electron chi connectivity index (χ0n) is 13.0. The molecular formula is C16H27FN2O. The van der Waals surface area contributed by atoms with E-state index in [0.29, 0.717) is 18.9 Å². The molecule has 20 heavy (non-hydrogen) atoms. The second kappa shape index (κ2) is 8.22. The highest BCUT2D eigenvalue weighted by atomic mass is 19.1. The van der Waals surface area contributed by atoms with E-state index in [9.17, 15) is 4.39 Å². The minimum atomic E-state index is -0.208. The van der Waals surface area contributed by atoms with Crippen LogP contribution >= 0.6 is 0 Å². The molecule has 1 rings (SSSR count). The van der Waals surface area contributed by atoms with Crippen molar-refractivity contribution < 1.29 is 9.13 Å². The second-order valence-electron chi connectivity index (χ2n) is 5.79. The van der Waals surface area contributed by atoms with Crippen LogP contribution < -0.4 is 10.6 Å². The molecule has 0 radical (unpaired) electrons. The SMILES string of the molecule is COCCN(CC(C)C)c1ccc(F)cc1CC(C)N. The summed E-state index contributed by atoms with van der Waals surface area (Å²) < 4.78 is 18.7. The van der Waals surface area contributed by atoms with Gasteiger partial charge in [0.15, 0.2) is 0 Å². The molecule has 2 N–H and O–H groups in total. The number of hydrogen-bond acceptors (Lipinski definition) is 3. The molecule has 1 atom stereocenters. The van der Waals surface area contributed by atoms with Gasteiger partial charge in [0.1, 0.15) is 5.82 Å². The first-order chi connectivity index (χ1) is 9.43. The first-order valence-electron chi connectivity index (χ1n) is 7.22. The predicted octanol–water partition coefficient (Wildman–Crippen LogP) is 2.82. The molecule has 3 nitrogen and oxygen atoms in total. The Morgan fingerprint density at radius 3 is 2.55 bits per heavy atom. The maximum absolute atomic E-state index is 13.5. The molecule has 0 aromatic heterocycles. The van der Waals surface area contributed by atoms with Crippen LogP contribution in [0.2, 0.25) is 0 Å². The smallest absolute Gasteiger partial charge is 0.123 e. The van der Waals surface area contributed by atoms with Gasteiger partial charge in [0.05, 0.1) is 6.61 Å². The van der Waals surface area contributed by atoms with E-state index in [1.54, 1.807) is 13.2 Å². The summed E-state index contributed by atoms with van der Waals surface area (Å²) in [5.41, 5.74) is 7.91. The summed E-state index contributed by atoms with van der Waals surface area (Å²) in [7, 11) is 1.70. The second-order valence-corrected chi connectivity index (χ2v) is 5.79. The molecule has 0 saturated carbocycles. The van der Waals surface area contributed by atoms with Gasteiger partial charge < -0.3 is 15.4 Å². The number of halogens is 1. The van der Waals surface area contributed by atoms with Crippen molar-refractivity contribution in [1.82, 2.24) is 0 Å². The fourth-order valence-corrected chi connectivity index (χ4v) is 2.33. The molecule has 0 aliphatic heterocycles. The number of benzene rings is 1. The predicted molar refractivity (Wildman–Crippen MR) is 82.7 cm³/mol. The lowest BCUT2D eigenvalue weighted by Crippen LogP contribution is -2.32. The van der Waals surface area contributed by atoms with E-state index in [4.69, 9.17) is 10.5 Å². The van der Waals surface area contributed by atoms with Gasteiger partial charge in [-0.15, -0.1) is 0 Å². The fraction of sp³-hybridized carbons (Fsp3) is 0.625. The third-order valence-corrected chi connectivity index (χ3v) is 3.07. The van der Waals surface area contributed by atoms with Crippen molar-refractivity contribution in [3.8, 4) is 0 Å². The van der Waals surface area contributed by atoms with Crippen molar-refractivity contribution in [2.45, 2.75) is 33.2 Å². The summed E-state index contributed by atoms with van der Waals surface area (Å²) in [5, 5.41) is 0. The molecule has 0 fully saturated rings. The maximum atomic E-state index is 13.5. The Balaban J connectivity index is 3.03. The van der Waals surface area contributed by atoms with Gasteiger partial charge in [-0.2, -0.15) is 0 Å². The third-order valence-electron chi connectivity index (χ3n) is 3.07. The number of methoxy groups -OCH3 is 1. The normalized spacial score (nSPS) is 12.8. The van der Waals surface area contributed by atoms with Crippen LogP contribution in [0.3, 0.4) is 0 Å². The molecule has 1 aromatic carbocycles. The van der Waals surface area contributed by atoms with Gasteiger partial charge in [-0.25, -0.2) is 4.39 Å². The average molecular weight is 282 g/mol. The largest absolute Gasteiger partial charge is 0.383 e. The molecule has 0 spiro atoms. The van der Waals surface area contributed by atoms with Crippen molar-refractivity contribution in [3.63, 3.8) is 0 Å². The lowest BCUT2D eigenvalue weighted by atomic mass is 10.0. The fourth-order valence-electron chi connectivity index (χ4n) is 2.33. The molecule has 1 aromatic rings. The molecule has 4 heteroatoms. The number of nitrogens with two attached hydrogens (primary N) is 1. The quantitative estimate of drug-likeness (QED) is 0.797. The molecule has 0 aliphatic carbocycles. The van der Waals surface area contributed by atoms with Crippen molar-refractivity contribution in [3.05, 3.63) is 29.6 Å². The summed E-state index contributed by atoms with van der Waals surface area (Å²) in [6.07, 6.45) is 0.675. The van der Waals surface area contributed by atoms with Crippen LogP contribution in [0.15, 0.2) is 18.2 Å². The minimum Gasteiger partial charge on any atom is -0.383 e. The van der Waals surface area contributed by atoms with Gasteiger partial charge >= 0.3 is 0 Å². The maximum Gasteiger partial charge on any atom is 0.123 e. The van der Waals surface area contributed by atoms with Crippen LogP contribution in [-0.4, -0.2) is 32.8 Å². The van der Waals surface area contributed by atoms with Gasteiger partial charge in [0, 0.05) is 31.9 Å². The highest BCUT2D eigenvalue weighted by Crippen LogP contribution is 2.24. The number of rotatable bonds is 8. The number of nitrogens with zero attached hydrogens (tertiary/aromatic N) is 1. The Bertz CT molecular complexity index is 407. The molecule has 0 amide bonds. The number of anilines is 1. The van der Waals surface area contributed by atoms with Crippen molar-refractivity contribution in [2.75, 3.05) is 31.7 Å². The molecule has 0 saturated heterocycles. The van der Waals surface area contributed by atoms with Crippen LogP contribution in [-0.2, 0) is 11.2 Å². The van der Waals surface area contributed by atoms with Crippen LogP contribution in [0, 0.1) is 11.7 Å². The first kappa shape index (κ1) is 16.9. The van der Waals surface area contributed by atoms with E-state index in [2.05, 4.69) is 18.7 Å². The van der Waals surface area contributed by atoms with E-state index in [1.165, 1.54) is 6.07 Å². The zero-order valence-corrected chi connectivity index (χ0v) is 13.0. The molecule has 0 aliphatic rings. The van der Waals surface area contributed by atoms with Crippen molar-refractivity contribution in [2.24, 2.45) is 11.7 Å². The molecule has 114 valence electrons. The summed E-state index contributed by atoms with van der Waals surface area (Å²) in [6.45, 7) is 8.66. The standard InChI is InChI=1S/C16H27FN2O/c1-12(2)11-19(7-8-20-4)16-6-5-15(17)10-14(16)9-13(3)18/h5-6,10,12-13H,7-9,11,18H2,1-4H3. The monoisotopic (exact) mass is 282 g/mol. The van der Waals surface area contributed by atoms with Crippen LogP contribution in [0.25, 0.3) is 0 Å². The van der Waals surface area contributed by atoms with E-state index in [1.807, 2.05) is 13.0 Å². The zero-order chi connectivity index (χ0) is 15.1. The van der Waals surface area contributed by atoms with Crippen LogP contribution in [0.5, 0.6) is 0 Å². The molecular weight excluding hydrogens is 255 g/mol. The van der Waals surface area contributed by atoms with E-state index in [0.717, 1.165) is 24.3 Å². The Morgan fingerprint density at radius 1 is 1.30 bits per heavy atom. The Kier molecular flexibility index (Phi) is 6.96. The third kappa shape index (κ3) is 5.47. The Labute approximate surface area is 121 Å². The van der Waals surface area contributed by atoms with Crippen LogP contribution in [0.4, 0.5) is 10.1 Å². The Hall–Kier alpha value is -1.13. The lowest BCUT2D eigenvalue weighted by Gasteiger charge is -2.29. The van der Waals surface area contributed by atoms with Crippen LogP contribution in [0.1, 0.15) is 26.3 Å². The molecule has 0 bridgehead atoms. The van der Waals surface area contributed by atoms with Gasteiger partial charge in [-0.05, 0) is 43.0 Å². The lowest BCUT2D eigenvalue weighted by molar-refractivity contribution is 0.204. The first-order valence-corrected chi connectivity index (χ1v) is 7.22. The van der Waals surface area contributed by atoms with Gasteiger partial charge in [-0.1, -0.05) is 13.8 Å². The number of ether oxygens (including phenoxy) is 1. The Morgan fingerprint density at radius 2 is 2.00 bits per heavy atom. The van der Waals surface area contributed by atoms with E-state index < -0.39 is 0 Å². The molecule has 1 unspecified atom stereocenters. The average Bonchev–Trinajstić information content (AvgIpc) is 2.33. The highest BCUT2D eigenvalue weighted by molar-refractivity contribution is 5.54. The van der Waals surface area contributed by atoms with Crippen molar-refractivity contribution in [1.29, 1.82) is 0 Å².